The minimum atomic E-state index is -0.130. The van der Waals surface area contributed by atoms with Gasteiger partial charge >= 0.3 is 0 Å². The Kier molecular flexibility index (Phi) is 5.39. The van der Waals surface area contributed by atoms with Crippen molar-refractivity contribution in [2.45, 2.75) is 39.2 Å². The van der Waals surface area contributed by atoms with E-state index < -0.39 is 0 Å². The van der Waals surface area contributed by atoms with Gasteiger partial charge in [0.1, 0.15) is 0 Å². The Hall–Kier alpha value is -2.24. The average molecular weight is 360 g/mol. The number of ether oxygens (including phenoxy) is 1. The van der Waals surface area contributed by atoms with E-state index in [-0.39, 0.29) is 35.3 Å². The highest BCUT2D eigenvalue weighted by molar-refractivity contribution is 5.95. The summed E-state index contributed by atoms with van der Waals surface area (Å²) < 4.78 is 5.11. The Balaban J connectivity index is 1.81. The van der Waals surface area contributed by atoms with Crippen LogP contribution in [0.4, 0.5) is 0 Å². The van der Waals surface area contributed by atoms with Crippen LogP contribution < -0.4 is 4.74 Å². The second-order valence-electron chi connectivity index (χ2n) is 7.69. The summed E-state index contributed by atoms with van der Waals surface area (Å²) >= 11 is 0. The van der Waals surface area contributed by atoms with Crippen LogP contribution in [-0.4, -0.2) is 59.5 Å². The zero-order valence-electron chi connectivity index (χ0n) is 15.8. The second kappa shape index (κ2) is 7.56. The first-order valence-corrected chi connectivity index (χ1v) is 9.36. The molecule has 6 heteroatoms. The first kappa shape index (κ1) is 18.5. The highest BCUT2D eigenvalue weighted by Gasteiger charge is 2.36. The fraction of sp³-hybridized carbons (Fsp3) is 0.600. The summed E-state index contributed by atoms with van der Waals surface area (Å²) in [7, 11) is 1.46. The number of hydrogen-bond donors (Lipinski definition) is 1. The molecule has 142 valence electrons. The lowest BCUT2D eigenvalue weighted by molar-refractivity contribution is -0.133. The van der Waals surface area contributed by atoms with Crippen LogP contribution in [0, 0.1) is 11.8 Å². The lowest BCUT2D eigenvalue weighted by Gasteiger charge is -2.34. The van der Waals surface area contributed by atoms with Crippen molar-refractivity contribution >= 4 is 11.8 Å². The van der Waals surface area contributed by atoms with E-state index in [1.54, 1.807) is 17.0 Å². The molecular formula is C20H28N2O4. The van der Waals surface area contributed by atoms with Crippen LogP contribution >= 0.6 is 0 Å². The van der Waals surface area contributed by atoms with Gasteiger partial charge in [0.25, 0.3) is 5.91 Å². The third-order valence-electron chi connectivity index (χ3n) is 5.36. The third kappa shape index (κ3) is 3.94. The van der Waals surface area contributed by atoms with Gasteiger partial charge in [0, 0.05) is 31.6 Å². The van der Waals surface area contributed by atoms with Gasteiger partial charge in [-0.15, -0.1) is 0 Å². The van der Waals surface area contributed by atoms with Gasteiger partial charge in [-0.05, 0) is 42.9 Å². The highest BCUT2D eigenvalue weighted by Crippen LogP contribution is 2.32. The number of benzene rings is 1. The van der Waals surface area contributed by atoms with Crippen LogP contribution in [0.2, 0.25) is 0 Å². The minimum absolute atomic E-state index is 0.00533. The number of carbonyl (C=O) groups excluding carboxylic acids is 2. The summed E-state index contributed by atoms with van der Waals surface area (Å²) in [6, 6.07) is 4.65. The van der Waals surface area contributed by atoms with E-state index in [2.05, 4.69) is 13.8 Å². The summed E-state index contributed by atoms with van der Waals surface area (Å²) in [5, 5.41) is 9.74. The van der Waals surface area contributed by atoms with E-state index >= 15 is 0 Å². The molecule has 1 aliphatic heterocycles. The predicted octanol–water partition coefficient (Wildman–Crippen LogP) is 2.51. The molecule has 1 aliphatic carbocycles. The Labute approximate surface area is 154 Å². The van der Waals surface area contributed by atoms with Crippen molar-refractivity contribution in [2.24, 2.45) is 11.8 Å². The van der Waals surface area contributed by atoms with Gasteiger partial charge in [-0.25, -0.2) is 0 Å². The largest absolute Gasteiger partial charge is 0.504 e. The van der Waals surface area contributed by atoms with Crippen molar-refractivity contribution in [2.75, 3.05) is 26.7 Å². The molecule has 0 unspecified atom stereocenters. The van der Waals surface area contributed by atoms with Gasteiger partial charge in [-0.2, -0.15) is 0 Å². The van der Waals surface area contributed by atoms with Crippen LogP contribution in [0.3, 0.4) is 0 Å². The maximum Gasteiger partial charge on any atom is 0.254 e. The molecule has 2 aliphatic rings. The molecule has 1 aromatic rings. The molecule has 0 spiro atoms. The molecular weight excluding hydrogens is 332 g/mol. The van der Waals surface area contributed by atoms with E-state index in [0.29, 0.717) is 31.0 Å². The number of carbonyl (C=O) groups is 2. The maximum absolute atomic E-state index is 13.0. The number of phenols is 1. The lowest BCUT2D eigenvalue weighted by Crippen LogP contribution is -2.48. The monoisotopic (exact) mass is 360 g/mol. The molecule has 1 saturated carbocycles. The van der Waals surface area contributed by atoms with E-state index in [4.69, 9.17) is 4.74 Å². The van der Waals surface area contributed by atoms with Crippen molar-refractivity contribution in [1.29, 1.82) is 0 Å². The average Bonchev–Trinajstić information content (AvgIpc) is 3.44. The third-order valence-corrected chi connectivity index (χ3v) is 5.36. The molecule has 2 fully saturated rings. The topological polar surface area (TPSA) is 70.1 Å². The lowest BCUT2D eigenvalue weighted by atomic mass is 10.0. The molecule has 26 heavy (non-hydrogen) atoms. The van der Waals surface area contributed by atoms with Crippen molar-refractivity contribution in [3.63, 3.8) is 0 Å². The van der Waals surface area contributed by atoms with Crippen molar-refractivity contribution in [3.8, 4) is 11.5 Å². The SMILES string of the molecule is COc1cc(C(=O)N2CCC(=O)N(CC3CC3)[C@@H](C(C)C)C2)ccc1O. The van der Waals surface area contributed by atoms with Gasteiger partial charge in [-0.1, -0.05) is 13.8 Å². The molecule has 1 heterocycles. The Morgan fingerprint density at radius 2 is 2.08 bits per heavy atom. The Bertz CT molecular complexity index is 684. The van der Waals surface area contributed by atoms with Crippen molar-refractivity contribution in [3.05, 3.63) is 23.8 Å². The highest BCUT2D eigenvalue weighted by atomic mass is 16.5. The van der Waals surface area contributed by atoms with E-state index in [1.165, 1.54) is 26.0 Å². The number of methoxy groups -OCH3 is 1. The molecule has 1 saturated heterocycles. The van der Waals surface area contributed by atoms with Gasteiger partial charge < -0.3 is 19.6 Å². The first-order chi connectivity index (χ1) is 12.4. The van der Waals surface area contributed by atoms with E-state index in [1.807, 2.05) is 4.90 Å². The number of amides is 2. The summed E-state index contributed by atoms with van der Waals surface area (Å²) in [6.07, 6.45) is 2.76. The zero-order valence-corrected chi connectivity index (χ0v) is 15.8. The smallest absolute Gasteiger partial charge is 0.254 e. The van der Waals surface area contributed by atoms with Gasteiger partial charge in [-0.3, -0.25) is 9.59 Å². The molecule has 1 aromatic carbocycles. The molecule has 1 atom stereocenters. The quantitative estimate of drug-likeness (QED) is 0.876. The minimum Gasteiger partial charge on any atom is -0.504 e. The number of hydrogen-bond acceptors (Lipinski definition) is 4. The molecule has 0 aromatic heterocycles. The Morgan fingerprint density at radius 3 is 2.69 bits per heavy atom. The summed E-state index contributed by atoms with van der Waals surface area (Å²) in [5.74, 6) is 1.21. The fourth-order valence-corrected chi connectivity index (χ4v) is 3.54. The normalized spacial score (nSPS) is 21.1. The van der Waals surface area contributed by atoms with Crippen LogP contribution in [-0.2, 0) is 4.79 Å². The molecule has 2 amide bonds. The molecule has 3 rings (SSSR count). The van der Waals surface area contributed by atoms with E-state index in [9.17, 15) is 14.7 Å². The predicted molar refractivity (Wildman–Crippen MR) is 98.2 cm³/mol. The summed E-state index contributed by atoms with van der Waals surface area (Å²) in [5.41, 5.74) is 0.463. The number of phenolic OH excluding ortho intramolecular Hbond substituents is 1. The zero-order chi connectivity index (χ0) is 18.8. The van der Waals surface area contributed by atoms with Crippen LogP contribution in [0.25, 0.3) is 0 Å². The Morgan fingerprint density at radius 1 is 1.35 bits per heavy atom. The van der Waals surface area contributed by atoms with Crippen molar-refractivity contribution < 1.29 is 19.4 Å². The summed E-state index contributed by atoms with van der Waals surface area (Å²) in [4.78, 5) is 29.5. The van der Waals surface area contributed by atoms with Gasteiger partial charge in [0.2, 0.25) is 5.91 Å². The fourth-order valence-electron chi connectivity index (χ4n) is 3.54. The van der Waals surface area contributed by atoms with Crippen LogP contribution in [0.15, 0.2) is 18.2 Å². The number of rotatable bonds is 5. The second-order valence-corrected chi connectivity index (χ2v) is 7.69. The number of aromatic hydroxyl groups is 1. The van der Waals surface area contributed by atoms with Crippen molar-refractivity contribution in [1.82, 2.24) is 9.80 Å². The number of nitrogens with zero attached hydrogens (tertiary/aromatic N) is 2. The van der Waals surface area contributed by atoms with Crippen LogP contribution in [0.1, 0.15) is 43.5 Å². The van der Waals surface area contributed by atoms with Gasteiger partial charge in [0.15, 0.2) is 11.5 Å². The van der Waals surface area contributed by atoms with E-state index in [0.717, 1.165) is 6.54 Å². The maximum atomic E-state index is 13.0. The van der Waals surface area contributed by atoms with Gasteiger partial charge in [0.05, 0.1) is 13.2 Å². The first-order valence-electron chi connectivity index (χ1n) is 9.36. The standard InChI is InChI=1S/C20H28N2O4/c1-13(2)16-12-21(9-8-19(24)22(16)11-14-4-5-14)20(25)15-6-7-17(23)18(10-15)26-3/h6-7,10,13-14,16,23H,4-5,8-9,11-12H2,1-3H3/t16-/m1/s1. The van der Waals surface area contributed by atoms with Crippen LogP contribution in [0.5, 0.6) is 11.5 Å². The summed E-state index contributed by atoms with van der Waals surface area (Å²) in [6.45, 7) is 5.99. The molecule has 6 nitrogen and oxygen atoms in total. The molecule has 0 bridgehead atoms. The molecule has 1 N–H and O–H groups in total. The molecule has 0 radical (unpaired) electrons.